The lowest BCUT2D eigenvalue weighted by atomic mass is 10.1. The second-order valence-corrected chi connectivity index (χ2v) is 4.63. The number of pyridine rings is 1. The zero-order valence-corrected chi connectivity index (χ0v) is 11.8. The third-order valence-electron chi connectivity index (χ3n) is 3.16. The van der Waals surface area contributed by atoms with Crippen LogP contribution in [0.2, 0.25) is 0 Å². The van der Waals surface area contributed by atoms with Crippen molar-refractivity contribution in [2.45, 2.75) is 33.4 Å². The third-order valence-corrected chi connectivity index (χ3v) is 3.16. The second-order valence-electron chi connectivity index (χ2n) is 4.63. The van der Waals surface area contributed by atoms with Gasteiger partial charge >= 0.3 is 6.03 Å². The summed E-state index contributed by atoms with van der Waals surface area (Å²) in [6, 6.07) is 3.44. The molecule has 6 nitrogen and oxygen atoms in total. The van der Waals surface area contributed by atoms with E-state index in [0.717, 1.165) is 22.6 Å². The maximum atomic E-state index is 11.9. The molecule has 2 amide bonds. The summed E-state index contributed by atoms with van der Waals surface area (Å²) < 4.78 is 5.05. The number of carbonyl (C=O) groups is 1. The van der Waals surface area contributed by atoms with E-state index in [1.807, 2.05) is 32.9 Å². The summed E-state index contributed by atoms with van der Waals surface area (Å²) in [6.45, 7) is 6.00. The van der Waals surface area contributed by atoms with Crippen LogP contribution in [-0.4, -0.2) is 16.2 Å². The third kappa shape index (κ3) is 3.34. The Balaban J connectivity index is 1.87. The van der Waals surface area contributed by atoms with E-state index in [4.69, 9.17) is 4.52 Å². The summed E-state index contributed by atoms with van der Waals surface area (Å²) in [4.78, 5) is 15.8. The number of nitrogens with one attached hydrogen (secondary N) is 2. The molecule has 106 valence electrons. The van der Waals surface area contributed by atoms with Gasteiger partial charge in [0.1, 0.15) is 5.76 Å². The van der Waals surface area contributed by atoms with Crippen LogP contribution in [0.25, 0.3) is 0 Å². The van der Waals surface area contributed by atoms with E-state index in [2.05, 4.69) is 20.8 Å². The number of hydrogen-bond acceptors (Lipinski definition) is 4. The molecule has 0 aliphatic heterocycles. The van der Waals surface area contributed by atoms with Crippen molar-refractivity contribution in [3.05, 3.63) is 47.1 Å². The van der Waals surface area contributed by atoms with Crippen molar-refractivity contribution in [2.24, 2.45) is 0 Å². The fraction of sp³-hybridized carbons (Fsp3) is 0.357. The predicted octanol–water partition coefficient (Wildman–Crippen LogP) is 2.25. The van der Waals surface area contributed by atoms with Gasteiger partial charge in [0.15, 0.2) is 0 Å². The van der Waals surface area contributed by atoms with Crippen LogP contribution >= 0.6 is 0 Å². The lowest BCUT2D eigenvalue weighted by Crippen LogP contribution is -2.36. The summed E-state index contributed by atoms with van der Waals surface area (Å²) in [5.74, 6) is 0.727. The van der Waals surface area contributed by atoms with Crippen molar-refractivity contribution in [2.75, 3.05) is 0 Å². The Morgan fingerprint density at radius 3 is 2.65 bits per heavy atom. The minimum atomic E-state index is -0.227. The summed E-state index contributed by atoms with van der Waals surface area (Å²) in [6.07, 6.45) is 3.41. The molecule has 0 spiro atoms. The van der Waals surface area contributed by atoms with E-state index in [1.165, 1.54) is 0 Å². The molecule has 20 heavy (non-hydrogen) atoms. The molecule has 2 rings (SSSR count). The standard InChI is InChI=1S/C14H18N4O2/c1-9(12-4-6-15-7-5-12)17-14(19)16-8-13-10(2)18-20-11(13)3/h4-7,9H,8H2,1-3H3,(H2,16,17,19). The topological polar surface area (TPSA) is 80.0 Å². The average molecular weight is 274 g/mol. The number of nitrogens with zero attached hydrogens (tertiary/aromatic N) is 2. The largest absolute Gasteiger partial charge is 0.361 e. The van der Waals surface area contributed by atoms with Gasteiger partial charge in [-0.25, -0.2) is 4.79 Å². The fourth-order valence-corrected chi connectivity index (χ4v) is 1.91. The number of aryl methyl sites for hydroxylation is 2. The van der Waals surface area contributed by atoms with Gasteiger partial charge in [-0.3, -0.25) is 4.98 Å². The van der Waals surface area contributed by atoms with Gasteiger partial charge in [-0.15, -0.1) is 0 Å². The summed E-state index contributed by atoms with van der Waals surface area (Å²) in [5, 5.41) is 9.52. The van der Waals surface area contributed by atoms with Crippen LogP contribution in [0.4, 0.5) is 4.79 Å². The van der Waals surface area contributed by atoms with E-state index in [-0.39, 0.29) is 12.1 Å². The van der Waals surface area contributed by atoms with Crippen molar-refractivity contribution in [3.8, 4) is 0 Å². The molecule has 0 aliphatic carbocycles. The molecule has 0 bridgehead atoms. The molecule has 2 aromatic heterocycles. The quantitative estimate of drug-likeness (QED) is 0.896. The Morgan fingerprint density at radius 1 is 1.35 bits per heavy atom. The second kappa shape index (κ2) is 6.18. The number of aromatic nitrogens is 2. The zero-order chi connectivity index (χ0) is 14.5. The van der Waals surface area contributed by atoms with Crippen molar-refractivity contribution in [3.63, 3.8) is 0 Å². The Labute approximate surface area is 117 Å². The highest BCUT2D eigenvalue weighted by Crippen LogP contribution is 2.12. The van der Waals surface area contributed by atoms with Gasteiger partial charge in [-0.2, -0.15) is 0 Å². The van der Waals surface area contributed by atoms with Gasteiger partial charge in [-0.05, 0) is 38.5 Å². The first-order chi connectivity index (χ1) is 9.58. The summed E-state index contributed by atoms with van der Waals surface area (Å²) >= 11 is 0. The Hall–Kier alpha value is -2.37. The van der Waals surface area contributed by atoms with Crippen LogP contribution < -0.4 is 10.6 Å². The molecule has 0 saturated heterocycles. The highest BCUT2D eigenvalue weighted by molar-refractivity contribution is 5.74. The van der Waals surface area contributed by atoms with Gasteiger partial charge < -0.3 is 15.2 Å². The highest BCUT2D eigenvalue weighted by Gasteiger charge is 2.12. The molecule has 0 saturated carbocycles. The minimum Gasteiger partial charge on any atom is -0.361 e. The van der Waals surface area contributed by atoms with Gasteiger partial charge in [0, 0.05) is 24.5 Å². The monoisotopic (exact) mass is 274 g/mol. The average Bonchev–Trinajstić information content (AvgIpc) is 2.77. The van der Waals surface area contributed by atoms with Crippen LogP contribution in [0.3, 0.4) is 0 Å². The Morgan fingerprint density at radius 2 is 2.05 bits per heavy atom. The maximum absolute atomic E-state index is 11.9. The normalized spacial score (nSPS) is 11.9. The van der Waals surface area contributed by atoms with Crippen LogP contribution in [0, 0.1) is 13.8 Å². The minimum absolute atomic E-state index is 0.0809. The van der Waals surface area contributed by atoms with Crippen molar-refractivity contribution < 1.29 is 9.32 Å². The molecule has 0 aliphatic rings. The first-order valence-corrected chi connectivity index (χ1v) is 6.44. The van der Waals surface area contributed by atoms with Crippen LogP contribution in [0.15, 0.2) is 29.0 Å². The van der Waals surface area contributed by atoms with Crippen LogP contribution in [0.1, 0.15) is 35.5 Å². The number of carbonyl (C=O) groups excluding carboxylic acids is 1. The molecule has 2 aromatic rings. The molecule has 2 heterocycles. The SMILES string of the molecule is Cc1noc(C)c1CNC(=O)NC(C)c1ccncc1. The van der Waals surface area contributed by atoms with Crippen molar-refractivity contribution in [1.29, 1.82) is 0 Å². The van der Waals surface area contributed by atoms with Gasteiger partial charge in [0.2, 0.25) is 0 Å². The number of urea groups is 1. The molecule has 0 aromatic carbocycles. The van der Waals surface area contributed by atoms with Gasteiger partial charge in [0.05, 0.1) is 11.7 Å². The van der Waals surface area contributed by atoms with Gasteiger partial charge in [-0.1, -0.05) is 5.16 Å². The van der Waals surface area contributed by atoms with E-state index >= 15 is 0 Å². The van der Waals surface area contributed by atoms with Gasteiger partial charge in [0.25, 0.3) is 0 Å². The first kappa shape index (κ1) is 14.0. The Bertz CT molecular complexity index is 561. The molecule has 0 fully saturated rings. The van der Waals surface area contributed by atoms with Crippen LogP contribution in [-0.2, 0) is 6.54 Å². The van der Waals surface area contributed by atoms with Crippen LogP contribution in [0.5, 0.6) is 0 Å². The Kier molecular flexibility index (Phi) is 4.34. The molecule has 1 unspecified atom stereocenters. The number of hydrogen-bond donors (Lipinski definition) is 2. The molecule has 0 radical (unpaired) electrons. The maximum Gasteiger partial charge on any atom is 0.315 e. The number of amides is 2. The summed E-state index contributed by atoms with van der Waals surface area (Å²) in [5.41, 5.74) is 2.72. The smallest absolute Gasteiger partial charge is 0.315 e. The zero-order valence-electron chi connectivity index (χ0n) is 11.8. The highest BCUT2D eigenvalue weighted by atomic mass is 16.5. The molecular weight excluding hydrogens is 256 g/mol. The molecular formula is C14H18N4O2. The molecule has 1 atom stereocenters. The predicted molar refractivity (Wildman–Crippen MR) is 74.0 cm³/mol. The number of rotatable bonds is 4. The van der Waals surface area contributed by atoms with Crippen molar-refractivity contribution >= 4 is 6.03 Å². The van der Waals surface area contributed by atoms with E-state index in [1.54, 1.807) is 12.4 Å². The van der Waals surface area contributed by atoms with E-state index < -0.39 is 0 Å². The molecule has 2 N–H and O–H groups in total. The van der Waals surface area contributed by atoms with E-state index in [9.17, 15) is 4.79 Å². The van der Waals surface area contributed by atoms with E-state index in [0.29, 0.717) is 6.54 Å². The first-order valence-electron chi connectivity index (χ1n) is 6.44. The fourth-order valence-electron chi connectivity index (χ4n) is 1.91. The lowest BCUT2D eigenvalue weighted by molar-refractivity contribution is 0.237. The lowest BCUT2D eigenvalue weighted by Gasteiger charge is -2.14. The summed E-state index contributed by atoms with van der Waals surface area (Å²) in [7, 11) is 0. The molecule has 6 heteroatoms. The van der Waals surface area contributed by atoms with Crippen molar-refractivity contribution in [1.82, 2.24) is 20.8 Å².